The number of rotatable bonds is 6. The molecule has 3 aromatic rings. The molecule has 1 N–H and O–H groups in total. The molecule has 0 saturated heterocycles. The Hall–Kier alpha value is -2.75. The van der Waals surface area contributed by atoms with Gasteiger partial charge in [-0.15, -0.1) is 0 Å². The second-order valence-electron chi connectivity index (χ2n) is 6.21. The van der Waals surface area contributed by atoms with Crippen LogP contribution in [0.4, 0.5) is 5.82 Å². The first-order valence-electron chi connectivity index (χ1n) is 8.43. The Labute approximate surface area is 148 Å². The first-order chi connectivity index (χ1) is 12.1. The predicted octanol–water partition coefficient (Wildman–Crippen LogP) is 4.52. The van der Waals surface area contributed by atoms with Gasteiger partial charge in [-0.25, -0.2) is 4.98 Å². The second kappa shape index (κ2) is 7.43. The van der Waals surface area contributed by atoms with E-state index in [2.05, 4.69) is 49.5 Å². The molecule has 0 spiro atoms. The van der Waals surface area contributed by atoms with Gasteiger partial charge in [0.15, 0.2) is 11.5 Å². The number of pyridine rings is 1. The van der Waals surface area contributed by atoms with Crippen molar-refractivity contribution in [3.05, 3.63) is 59.2 Å². The number of methoxy groups -OCH3 is 2. The number of ether oxygens (including phenoxy) is 2. The SMILES string of the molecule is COc1ccc(CCNc2cc(C)c3ccc(C)cc3n2)cc1OC. The Bertz CT molecular complexity index is 890. The highest BCUT2D eigenvalue weighted by Crippen LogP contribution is 2.27. The molecule has 0 aliphatic heterocycles. The molecular formula is C21H24N2O2. The molecule has 0 saturated carbocycles. The van der Waals surface area contributed by atoms with E-state index in [-0.39, 0.29) is 0 Å². The summed E-state index contributed by atoms with van der Waals surface area (Å²) in [4.78, 5) is 4.73. The van der Waals surface area contributed by atoms with E-state index in [1.807, 2.05) is 12.1 Å². The van der Waals surface area contributed by atoms with E-state index in [1.165, 1.54) is 22.1 Å². The van der Waals surface area contributed by atoms with E-state index >= 15 is 0 Å². The average molecular weight is 336 g/mol. The number of benzene rings is 2. The van der Waals surface area contributed by atoms with E-state index in [0.29, 0.717) is 0 Å². The predicted molar refractivity (Wildman–Crippen MR) is 103 cm³/mol. The lowest BCUT2D eigenvalue weighted by Gasteiger charge is -2.11. The average Bonchev–Trinajstić information content (AvgIpc) is 2.61. The molecule has 0 unspecified atom stereocenters. The largest absolute Gasteiger partial charge is 0.493 e. The zero-order chi connectivity index (χ0) is 17.8. The van der Waals surface area contributed by atoms with Crippen molar-refractivity contribution in [3.8, 4) is 11.5 Å². The zero-order valence-electron chi connectivity index (χ0n) is 15.2. The van der Waals surface area contributed by atoms with Gasteiger partial charge in [-0.1, -0.05) is 18.2 Å². The molecule has 0 amide bonds. The van der Waals surface area contributed by atoms with E-state index in [9.17, 15) is 0 Å². The molecule has 130 valence electrons. The van der Waals surface area contributed by atoms with Crippen molar-refractivity contribution < 1.29 is 9.47 Å². The molecule has 1 aromatic heterocycles. The maximum Gasteiger partial charge on any atom is 0.160 e. The van der Waals surface area contributed by atoms with Gasteiger partial charge in [0.05, 0.1) is 19.7 Å². The van der Waals surface area contributed by atoms with E-state index in [0.717, 1.165) is 35.8 Å². The maximum absolute atomic E-state index is 5.36. The Morgan fingerprint density at radius 3 is 2.48 bits per heavy atom. The summed E-state index contributed by atoms with van der Waals surface area (Å²) in [6.07, 6.45) is 0.882. The van der Waals surface area contributed by atoms with Crippen LogP contribution < -0.4 is 14.8 Å². The fourth-order valence-corrected chi connectivity index (χ4v) is 2.97. The smallest absolute Gasteiger partial charge is 0.160 e. The van der Waals surface area contributed by atoms with Crippen molar-refractivity contribution in [2.24, 2.45) is 0 Å². The van der Waals surface area contributed by atoms with Crippen LogP contribution in [0.25, 0.3) is 10.9 Å². The number of nitrogens with one attached hydrogen (secondary N) is 1. The van der Waals surface area contributed by atoms with Crippen LogP contribution in [0.1, 0.15) is 16.7 Å². The molecular weight excluding hydrogens is 312 g/mol. The van der Waals surface area contributed by atoms with Gasteiger partial charge in [-0.3, -0.25) is 0 Å². The Morgan fingerprint density at radius 2 is 1.72 bits per heavy atom. The summed E-state index contributed by atoms with van der Waals surface area (Å²) in [5, 5.41) is 4.63. The highest BCUT2D eigenvalue weighted by molar-refractivity contribution is 5.84. The standard InChI is InChI=1S/C21H24N2O2/c1-14-5-7-17-15(2)12-21(23-18(17)11-14)22-10-9-16-6-8-19(24-3)20(13-16)25-4/h5-8,11-13H,9-10H2,1-4H3,(H,22,23). The van der Waals surface area contributed by atoms with Crippen molar-refractivity contribution in [1.82, 2.24) is 4.98 Å². The number of aromatic nitrogens is 1. The minimum absolute atomic E-state index is 0.751. The molecule has 2 aromatic carbocycles. The zero-order valence-corrected chi connectivity index (χ0v) is 15.2. The van der Waals surface area contributed by atoms with Gasteiger partial charge in [-0.05, 0) is 61.2 Å². The number of aryl methyl sites for hydroxylation is 2. The van der Waals surface area contributed by atoms with Crippen LogP contribution >= 0.6 is 0 Å². The van der Waals surface area contributed by atoms with Crippen LogP contribution in [0.3, 0.4) is 0 Å². The Kier molecular flexibility index (Phi) is 5.08. The number of hydrogen-bond donors (Lipinski definition) is 1. The van der Waals surface area contributed by atoms with Crippen molar-refractivity contribution >= 4 is 16.7 Å². The summed E-state index contributed by atoms with van der Waals surface area (Å²) in [5.41, 5.74) is 4.69. The Balaban J connectivity index is 1.71. The van der Waals surface area contributed by atoms with Crippen LogP contribution in [0.15, 0.2) is 42.5 Å². The van der Waals surface area contributed by atoms with Gasteiger partial charge >= 0.3 is 0 Å². The fraction of sp³-hybridized carbons (Fsp3) is 0.286. The van der Waals surface area contributed by atoms with Crippen molar-refractivity contribution in [2.45, 2.75) is 20.3 Å². The number of fused-ring (bicyclic) bond motifs is 1. The van der Waals surface area contributed by atoms with E-state index in [1.54, 1.807) is 14.2 Å². The van der Waals surface area contributed by atoms with Gasteiger partial charge in [0, 0.05) is 11.9 Å². The molecule has 0 atom stereocenters. The number of anilines is 1. The van der Waals surface area contributed by atoms with E-state index in [4.69, 9.17) is 14.5 Å². The summed E-state index contributed by atoms with van der Waals surface area (Å²) < 4.78 is 10.6. The molecule has 3 rings (SSSR count). The molecule has 4 nitrogen and oxygen atoms in total. The van der Waals surface area contributed by atoms with Crippen LogP contribution in [-0.2, 0) is 6.42 Å². The molecule has 0 aliphatic rings. The van der Waals surface area contributed by atoms with Crippen molar-refractivity contribution in [1.29, 1.82) is 0 Å². The molecule has 1 heterocycles. The lowest BCUT2D eigenvalue weighted by Crippen LogP contribution is -2.07. The molecule has 0 radical (unpaired) electrons. The summed E-state index contributed by atoms with van der Waals surface area (Å²) in [5.74, 6) is 2.42. The third-order valence-corrected chi connectivity index (χ3v) is 4.34. The molecule has 25 heavy (non-hydrogen) atoms. The summed E-state index contributed by atoms with van der Waals surface area (Å²) in [6, 6.07) is 14.5. The second-order valence-corrected chi connectivity index (χ2v) is 6.21. The van der Waals surface area contributed by atoms with Crippen LogP contribution in [-0.4, -0.2) is 25.7 Å². The first-order valence-corrected chi connectivity index (χ1v) is 8.43. The van der Waals surface area contributed by atoms with Crippen molar-refractivity contribution in [2.75, 3.05) is 26.1 Å². The highest BCUT2D eigenvalue weighted by Gasteiger charge is 2.06. The van der Waals surface area contributed by atoms with Gasteiger partial charge in [0.25, 0.3) is 0 Å². The third kappa shape index (κ3) is 3.85. The lowest BCUT2D eigenvalue weighted by atomic mass is 10.1. The normalized spacial score (nSPS) is 10.7. The van der Waals surface area contributed by atoms with Crippen molar-refractivity contribution in [3.63, 3.8) is 0 Å². The first kappa shape index (κ1) is 17.1. The minimum Gasteiger partial charge on any atom is -0.493 e. The molecule has 0 bridgehead atoms. The van der Waals surface area contributed by atoms with Gasteiger partial charge in [-0.2, -0.15) is 0 Å². The number of hydrogen-bond acceptors (Lipinski definition) is 4. The minimum atomic E-state index is 0.751. The molecule has 0 fully saturated rings. The molecule has 0 aliphatic carbocycles. The topological polar surface area (TPSA) is 43.4 Å². The monoisotopic (exact) mass is 336 g/mol. The lowest BCUT2D eigenvalue weighted by molar-refractivity contribution is 0.354. The number of nitrogens with zero attached hydrogens (tertiary/aromatic N) is 1. The van der Waals surface area contributed by atoms with Crippen LogP contribution in [0.5, 0.6) is 11.5 Å². The van der Waals surface area contributed by atoms with Gasteiger partial charge in [0.1, 0.15) is 5.82 Å². The van der Waals surface area contributed by atoms with Crippen LogP contribution in [0.2, 0.25) is 0 Å². The maximum atomic E-state index is 5.36. The third-order valence-electron chi connectivity index (χ3n) is 4.34. The fourth-order valence-electron chi connectivity index (χ4n) is 2.97. The molecule has 4 heteroatoms. The van der Waals surface area contributed by atoms with Gasteiger partial charge in [0.2, 0.25) is 0 Å². The Morgan fingerprint density at radius 1 is 0.920 bits per heavy atom. The van der Waals surface area contributed by atoms with Gasteiger partial charge < -0.3 is 14.8 Å². The summed E-state index contributed by atoms with van der Waals surface area (Å²) >= 11 is 0. The van der Waals surface area contributed by atoms with Crippen LogP contribution in [0, 0.1) is 13.8 Å². The summed E-state index contributed by atoms with van der Waals surface area (Å²) in [7, 11) is 3.30. The van der Waals surface area contributed by atoms with E-state index < -0.39 is 0 Å². The summed E-state index contributed by atoms with van der Waals surface area (Å²) in [6.45, 7) is 5.02. The highest BCUT2D eigenvalue weighted by atomic mass is 16.5. The quantitative estimate of drug-likeness (QED) is 0.718.